The number of carbonyl (C=O) groups is 1. The minimum absolute atomic E-state index is 0.0483. The second kappa shape index (κ2) is 9.26. The Morgan fingerprint density at radius 3 is 2.67 bits per heavy atom. The lowest BCUT2D eigenvalue weighted by molar-refractivity contribution is -0.116. The van der Waals surface area contributed by atoms with E-state index in [1.54, 1.807) is 30.0 Å². The second-order valence-corrected chi connectivity index (χ2v) is 7.86. The summed E-state index contributed by atoms with van der Waals surface area (Å²) in [6, 6.07) is 13.3. The van der Waals surface area contributed by atoms with Crippen LogP contribution in [0.1, 0.15) is 18.4 Å². The molecule has 3 aromatic rings. The van der Waals surface area contributed by atoms with Gasteiger partial charge in [-0.15, -0.1) is 16.9 Å². The molecule has 0 spiro atoms. The number of halogens is 2. The Labute approximate surface area is 171 Å². The van der Waals surface area contributed by atoms with E-state index in [-0.39, 0.29) is 17.8 Å². The highest BCUT2D eigenvalue weighted by Crippen LogP contribution is 2.30. The number of hydrogen-bond donors (Lipinski definition) is 1. The predicted molar refractivity (Wildman–Crippen MR) is 110 cm³/mol. The van der Waals surface area contributed by atoms with Gasteiger partial charge < -0.3 is 4.42 Å². The number of hydrogen-bond acceptors (Lipinski definition) is 5. The van der Waals surface area contributed by atoms with Crippen molar-refractivity contribution in [1.82, 2.24) is 10.2 Å². The Balaban J connectivity index is 1.47. The van der Waals surface area contributed by atoms with E-state index in [1.807, 2.05) is 0 Å². The fourth-order valence-electron chi connectivity index (χ4n) is 2.28. The van der Waals surface area contributed by atoms with E-state index in [9.17, 15) is 4.79 Å². The van der Waals surface area contributed by atoms with Crippen LogP contribution in [0.15, 0.2) is 51.8 Å². The highest BCUT2D eigenvalue weighted by atomic mass is 35.5. The molecule has 27 heavy (non-hydrogen) atoms. The third-order valence-electron chi connectivity index (χ3n) is 3.67. The Morgan fingerprint density at radius 2 is 1.93 bits per heavy atom. The SMILES string of the molecule is Cc1ccc(SCCCC(=O)Nc2nnc(-c3ccc(Cl)cc3Cl)o2)cc1. The summed E-state index contributed by atoms with van der Waals surface area (Å²) in [5.74, 6) is 0.908. The van der Waals surface area contributed by atoms with Crippen molar-refractivity contribution in [3.05, 3.63) is 58.1 Å². The molecule has 8 heteroatoms. The van der Waals surface area contributed by atoms with E-state index in [1.165, 1.54) is 10.5 Å². The number of aromatic nitrogens is 2. The van der Waals surface area contributed by atoms with Gasteiger partial charge >= 0.3 is 6.01 Å². The standard InChI is InChI=1S/C19H17Cl2N3O2S/c1-12-4-7-14(8-5-12)27-10-2-3-17(25)22-19-24-23-18(26-19)15-9-6-13(20)11-16(15)21/h4-9,11H,2-3,10H2,1H3,(H,22,24,25). The number of rotatable bonds is 7. The van der Waals surface area contributed by atoms with Gasteiger partial charge in [-0.2, -0.15) is 0 Å². The zero-order chi connectivity index (χ0) is 19.2. The van der Waals surface area contributed by atoms with Crippen LogP contribution < -0.4 is 5.32 Å². The largest absolute Gasteiger partial charge is 0.403 e. The summed E-state index contributed by atoms with van der Waals surface area (Å²) in [5, 5.41) is 11.3. The van der Waals surface area contributed by atoms with Gasteiger partial charge in [0.1, 0.15) is 0 Å². The van der Waals surface area contributed by atoms with Crippen molar-refractivity contribution in [1.29, 1.82) is 0 Å². The van der Waals surface area contributed by atoms with Gasteiger partial charge in [0, 0.05) is 16.3 Å². The molecule has 0 saturated heterocycles. The van der Waals surface area contributed by atoms with Crippen LogP contribution in [-0.4, -0.2) is 21.9 Å². The average Bonchev–Trinajstić information content (AvgIpc) is 3.08. The molecule has 140 valence electrons. The van der Waals surface area contributed by atoms with Crippen LogP contribution in [0.4, 0.5) is 6.01 Å². The lowest BCUT2D eigenvalue weighted by Crippen LogP contribution is -2.11. The normalized spacial score (nSPS) is 10.8. The molecule has 0 fully saturated rings. The van der Waals surface area contributed by atoms with Crippen molar-refractivity contribution < 1.29 is 9.21 Å². The van der Waals surface area contributed by atoms with Crippen molar-refractivity contribution in [3.63, 3.8) is 0 Å². The minimum Gasteiger partial charge on any atom is -0.403 e. The molecule has 1 aromatic heterocycles. The Morgan fingerprint density at radius 1 is 1.15 bits per heavy atom. The van der Waals surface area contributed by atoms with Gasteiger partial charge in [-0.05, 0) is 49.4 Å². The number of nitrogens with zero attached hydrogens (tertiary/aromatic N) is 2. The number of aryl methyl sites for hydroxylation is 1. The Hall–Kier alpha value is -2.02. The van der Waals surface area contributed by atoms with Gasteiger partial charge in [0.15, 0.2) is 0 Å². The molecule has 0 aliphatic heterocycles. The molecule has 1 amide bonds. The first kappa shape index (κ1) is 19.7. The summed E-state index contributed by atoms with van der Waals surface area (Å²) >= 11 is 13.7. The summed E-state index contributed by atoms with van der Waals surface area (Å²) < 4.78 is 5.46. The fourth-order valence-corrected chi connectivity index (χ4v) is 3.63. The monoisotopic (exact) mass is 421 g/mol. The molecule has 3 rings (SSSR count). The van der Waals surface area contributed by atoms with Crippen LogP contribution in [0.2, 0.25) is 10.0 Å². The first-order chi connectivity index (χ1) is 13.0. The number of thioether (sulfide) groups is 1. The third kappa shape index (κ3) is 5.73. The molecule has 0 saturated carbocycles. The van der Waals surface area contributed by atoms with Crippen LogP contribution >= 0.6 is 35.0 Å². The molecule has 0 unspecified atom stereocenters. The lowest BCUT2D eigenvalue weighted by atomic mass is 10.2. The Kier molecular flexibility index (Phi) is 6.77. The average molecular weight is 422 g/mol. The van der Waals surface area contributed by atoms with Crippen molar-refractivity contribution in [2.75, 3.05) is 11.1 Å². The van der Waals surface area contributed by atoms with Gasteiger partial charge in [-0.25, -0.2) is 0 Å². The molecular weight excluding hydrogens is 405 g/mol. The fraction of sp³-hybridized carbons (Fsp3) is 0.211. The highest BCUT2D eigenvalue weighted by Gasteiger charge is 2.14. The van der Waals surface area contributed by atoms with Gasteiger partial charge in [0.2, 0.25) is 5.91 Å². The van der Waals surface area contributed by atoms with Crippen LogP contribution in [0.25, 0.3) is 11.5 Å². The molecule has 0 aliphatic rings. The van der Waals surface area contributed by atoms with E-state index in [4.69, 9.17) is 27.6 Å². The summed E-state index contributed by atoms with van der Waals surface area (Å²) in [6.45, 7) is 2.06. The van der Waals surface area contributed by atoms with E-state index < -0.39 is 0 Å². The maximum absolute atomic E-state index is 12.0. The quantitative estimate of drug-likeness (QED) is 0.381. The topological polar surface area (TPSA) is 68.0 Å². The molecule has 0 aliphatic carbocycles. The summed E-state index contributed by atoms with van der Waals surface area (Å²) in [5.41, 5.74) is 1.79. The van der Waals surface area contributed by atoms with E-state index >= 15 is 0 Å². The summed E-state index contributed by atoms with van der Waals surface area (Å²) in [4.78, 5) is 13.2. The first-order valence-electron chi connectivity index (χ1n) is 8.29. The molecular formula is C19H17Cl2N3O2S. The number of nitrogens with one attached hydrogen (secondary N) is 1. The smallest absolute Gasteiger partial charge is 0.322 e. The predicted octanol–water partition coefficient (Wildman–Crippen LogP) is 5.86. The number of benzene rings is 2. The second-order valence-electron chi connectivity index (χ2n) is 5.85. The van der Waals surface area contributed by atoms with Crippen LogP contribution in [0, 0.1) is 6.92 Å². The van der Waals surface area contributed by atoms with Crippen molar-refractivity contribution in [2.45, 2.75) is 24.7 Å². The molecule has 0 radical (unpaired) electrons. The number of carbonyl (C=O) groups excluding carboxylic acids is 1. The highest BCUT2D eigenvalue weighted by molar-refractivity contribution is 7.99. The first-order valence-corrected chi connectivity index (χ1v) is 10.0. The van der Waals surface area contributed by atoms with Crippen LogP contribution in [0.5, 0.6) is 0 Å². The summed E-state index contributed by atoms with van der Waals surface area (Å²) in [6.07, 6.45) is 1.12. The number of anilines is 1. The van der Waals surface area contributed by atoms with Crippen molar-refractivity contribution in [3.8, 4) is 11.5 Å². The number of amides is 1. The molecule has 1 heterocycles. The van der Waals surface area contributed by atoms with Crippen molar-refractivity contribution >= 4 is 46.9 Å². The molecule has 1 N–H and O–H groups in total. The summed E-state index contributed by atoms with van der Waals surface area (Å²) in [7, 11) is 0. The molecule has 0 bridgehead atoms. The molecule has 5 nitrogen and oxygen atoms in total. The van der Waals surface area contributed by atoms with Gasteiger partial charge in [-0.1, -0.05) is 46.0 Å². The van der Waals surface area contributed by atoms with Gasteiger partial charge in [0.05, 0.1) is 10.6 Å². The zero-order valence-corrected chi connectivity index (χ0v) is 16.9. The van der Waals surface area contributed by atoms with Crippen LogP contribution in [-0.2, 0) is 4.79 Å². The molecule has 2 aromatic carbocycles. The Bertz CT molecular complexity index is 929. The van der Waals surface area contributed by atoms with E-state index in [0.717, 1.165) is 12.2 Å². The molecule has 0 atom stereocenters. The van der Waals surface area contributed by atoms with Gasteiger partial charge in [-0.3, -0.25) is 10.1 Å². The van der Waals surface area contributed by atoms with Crippen molar-refractivity contribution in [2.24, 2.45) is 0 Å². The van der Waals surface area contributed by atoms with Gasteiger partial charge in [0.25, 0.3) is 5.89 Å². The van der Waals surface area contributed by atoms with E-state index in [2.05, 4.69) is 46.7 Å². The van der Waals surface area contributed by atoms with Crippen LogP contribution in [0.3, 0.4) is 0 Å². The minimum atomic E-state index is -0.170. The third-order valence-corrected chi connectivity index (χ3v) is 5.32. The van der Waals surface area contributed by atoms with E-state index in [0.29, 0.717) is 22.0 Å². The lowest BCUT2D eigenvalue weighted by Gasteiger charge is -2.03. The maximum atomic E-state index is 12.0. The zero-order valence-electron chi connectivity index (χ0n) is 14.5. The maximum Gasteiger partial charge on any atom is 0.322 e.